The molecule has 0 aliphatic heterocycles. The van der Waals surface area contributed by atoms with Crippen LogP contribution in [0.2, 0.25) is 0 Å². The van der Waals surface area contributed by atoms with E-state index < -0.39 is 0 Å². The second-order valence-electron chi connectivity index (χ2n) is 2.88. The van der Waals surface area contributed by atoms with Gasteiger partial charge in [0.25, 0.3) is 0 Å². The maximum Gasteiger partial charge on any atom is 0.147 e. The summed E-state index contributed by atoms with van der Waals surface area (Å²) in [5.74, 6) is 0.887. The summed E-state index contributed by atoms with van der Waals surface area (Å²) >= 11 is 1.53. The smallest absolute Gasteiger partial charge is 0.147 e. The minimum atomic E-state index is 0.887. The van der Waals surface area contributed by atoms with E-state index in [0.717, 1.165) is 21.9 Å². The maximum absolute atomic E-state index is 5.24. The third kappa shape index (κ3) is 1.48. The lowest BCUT2D eigenvalue weighted by atomic mass is 10.1. The van der Waals surface area contributed by atoms with Crippen molar-refractivity contribution in [1.82, 2.24) is 10.2 Å². The largest absolute Gasteiger partial charge is 0.496 e. The molecule has 0 saturated heterocycles. The van der Waals surface area contributed by atoms with Crippen molar-refractivity contribution in [2.45, 2.75) is 6.92 Å². The van der Waals surface area contributed by atoms with E-state index in [1.165, 1.54) is 11.3 Å². The zero-order valence-electron chi connectivity index (χ0n) is 8.02. The lowest BCUT2D eigenvalue weighted by molar-refractivity contribution is 0.412. The van der Waals surface area contributed by atoms with Crippen molar-refractivity contribution in [2.24, 2.45) is 0 Å². The van der Waals surface area contributed by atoms with Crippen molar-refractivity contribution in [3.8, 4) is 16.3 Å². The SMILES string of the molecule is COc1cccc(-c2nncs2)c1C. The van der Waals surface area contributed by atoms with Gasteiger partial charge in [-0.2, -0.15) is 0 Å². The van der Waals surface area contributed by atoms with E-state index in [-0.39, 0.29) is 0 Å². The number of hydrogen-bond donors (Lipinski definition) is 0. The van der Waals surface area contributed by atoms with Crippen LogP contribution in [-0.4, -0.2) is 17.3 Å². The van der Waals surface area contributed by atoms with Gasteiger partial charge in [-0.25, -0.2) is 0 Å². The Hall–Kier alpha value is -1.42. The molecule has 0 amide bonds. The average Bonchev–Trinajstić information content (AvgIpc) is 2.71. The van der Waals surface area contributed by atoms with E-state index >= 15 is 0 Å². The lowest BCUT2D eigenvalue weighted by Gasteiger charge is -2.07. The van der Waals surface area contributed by atoms with Gasteiger partial charge in [-0.15, -0.1) is 10.2 Å². The molecule has 0 radical (unpaired) electrons. The van der Waals surface area contributed by atoms with Gasteiger partial charge in [0.1, 0.15) is 16.3 Å². The van der Waals surface area contributed by atoms with Crippen molar-refractivity contribution >= 4 is 11.3 Å². The number of rotatable bonds is 2. The molecule has 1 aromatic carbocycles. The Morgan fingerprint density at radius 3 is 2.86 bits per heavy atom. The second kappa shape index (κ2) is 3.75. The predicted molar refractivity (Wildman–Crippen MR) is 56.6 cm³/mol. The van der Waals surface area contributed by atoms with E-state index in [1.807, 2.05) is 25.1 Å². The Bertz CT molecular complexity index is 426. The highest BCUT2D eigenvalue weighted by Gasteiger charge is 2.08. The second-order valence-corrected chi connectivity index (χ2v) is 3.71. The molecule has 3 nitrogen and oxygen atoms in total. The molecule has 0 saturated carbocycles. The summed E-state index contributed by atoms with van der Waals surface area (Å²) in [6, 6.07) is 5.93. The Balaban J connectivity index is 2.54. The number of methoxy groups -OCH3 is 1. The van der Waals surface area contributed by atoms with Crippen LogP contribution in [0.3, 0.4) is 0 Å². The zero-order valence-corrected chi connectivity index (χ0v) is 8.84. The zero-order chi connectivity index (χ0) is 9.97. The van der Waals surface area contributed by atoms with Crippen molar-refractivity contribution in [3.05, 3.63) is 29.3 Å². The van der Waals surface area contributed by atoms with Gasteiger partial charge in [0, 0.05) is 11.1 Å². The summed E-state index contributed by atoms with van der Waals surface area (Å²) in [5.41, 5.74) is 3.92. The fourth-order valence-corrected chi connectivity index (χ4v) is 1.99. The molecule has 2 rings (SSSR count). The van der Waals surface area contributed by atoms with Crippen LogP contribution in [0.1, 0.15) is 5.56 Å². The van der Waals surface area contributed by atoms with Crippen LogP contribution in [0, 0.1) is 6.92 Å². The number of aromatic nitrogens is 2. The highest BCUT2D eigenvalue weighted by atomic mass is 32.1. The summed E-state index contributed by atoms with van der Waals surface area (Å²) in [5, 5.41) is 8.79. The summed E-state index contributed by atoms with van der Waals surface area (Å²) in [7, 11) is 1.67. The molecule has 72 valence electrons. The van der Waals surface area contributed by atoms with Gasteiger partial charge < -0.3 is 4.74 Å². The highest BCUT2D eigenvalue weighted by molar-refractivity contribution is 7.12. The first kappa shape index (κ1) is 9.15. The Morgan fingerprint density at radius 2 is 2.21 bits per heavy atom. The number of benzene rings is 1. The van der Waals surface area contributed by atoms with Crippen molar-refractivity contribution in [1.29, 1.82) is 0 Å². The maximum atomic E-state index is 5.24. The van der Waals surface area contributed by atoms with Crippen LogP contribution in [0.15, 0.2) is 23.7 Å². The standard InChI is InChI=1S/C10H10N2OS/c1-7-8(10-12-11-6-14-10)4-3-5-9(7)13-2/h3-6H,1-2H3. The molecule has 0 fully saturated rings. The van der Waals surface area contributed by atoms with Gasteiger partial charge in [0.2, 0.25) is 0 Å². The fourth-order valence-electron chi connectivity index (χ4n) is 1.36. The number of hydrogen-bond acceptors (Lipinski definition) is 4. The van der Waals surface area contributed by atoms with Crippen LogP contribution >= 0.6 is 11.3 Å². The molecular weight excluding hydrogens is 196 g/mol. The Labute approximate surface area is 86.4 Å². The Kier molecular flexibility index (Phi) is 2.45. The third-order valence-electron chi connectivity index (χ3n) is 2.09. The molecule has 2 aromatic rings. The van der Waals surface area contributed by atoms with Crippen molar-refractivity contribution in [3.63, 3.8) is 0 Å². The highest BCUT2D eigenvalue weighted by Crippen LogP contribution is 2.30. The van der Waals surface area contributed by atoms with Gasteiger partial charge in [-0.05, 0) is 13.0 Å². The van der Waals surface area contributed by atoms with Crippen molar-refractivity contribution < 1.29 is 4.74 Å². The topological polar surface area (TPSA) is 35.0 Å². The van der Waals surface area contributed by atoms with Gasteiger partial charge in [-0.3, -0.25) is 0 Å². The molecule has 14 heavy (non-hydrogen) atoms. The van der Waals surface area contributed by atoms with Gasteiger partial charge in [-0.1, -0.05) is 23.5 Å². The lowest BCUT2D eigenvalue weighted by Crippen LogP contribution is -1.89. The number of ether oxygens (including phenoxy) is 1. The predicted octanol–water partition coefficient (Wildman–Crippen LogP) is 2.52. The van der Waals surface area contributed by atoms with E-state index in [2.05, 4.69) is 10.2 Å². The number of nitrogens with zero attached hydrogens (tertiary/aromatic N) is 2. The van der Waals surface area contributed by atoms with Crippen LogP contribution in [0.4, 0.5) is 0 Å². The van der Waals surface area contributed by atoms with Gasteiger partial charge >= 0.3 is 0 Å². The third-order valence-corrected chi connectivity index (χ3v) is 2.82. The van der Waals surface area contributed by atoms with E-state index in [9.17, 15) is 0 Å². The van der Waals surface area contributed by atoms with Crippen LogP contribution in [-0.2, 0) is 0 Å². The van der Waals surface area contributed by atoms with E-state index in [4.69, 9.17) is 4.74 Å². The van der Waals surface area contributed by atoms with Crippen LogP contribution in [0.5, 0.6) is 5.75 Å². The van der Waals surface area contributed by atoms with E-state index in [0.29, 0.717) is 0 Å². The fraction of sp³-hybridized carbons (Fsp3) is 0.200. The normalized spacial score (nSPS) is 10.1. The minimum Gasteiger partial charge on any atom is -0.496 e. The molecular formula is C10H10N2OS. The quantitative estimate of drug-likeness (QED) is 0.757. The molecule has 0 bridgehead atoms. The molecule has 0 aliphatic carbocycles. The monoisotopic (exact) mass is 206 g/mol. The molecule has 1 aromatic heterocycles. The molecule has 1 heterocycles. The van der Waals surface area contributed by atoms with Gasteiger partial charge in [0.15, 0.2) is 0 Å². The van der Waals surface area contributed by atoms with Crippen molar-refractivity contribution in [2.75, 3.05) is 7.11 Å². The van der Waals surface area contributed by atoms with Gasteiger partial charge in [0.05, 0.1) is 7.11 Å². The summed E-state index contributed by atoms with van der Waals surface area (Å²) in [6.45, 7) is 2.02. The molecule has 0 aliphatic rings. The first-order chi connectivity index (χ1) is 6.83. The van der Waals surface area contributed by atoms with Crippen LogP contribution < -0.4 is 4.74 Å². The van der Waals surface area contributed by atoms with E-state index in [1.54, 1.807) is 12.6 Å². The molecule has 0 N–H and O–H groups in total. The molecule has 4 heteroatoms. The molecule has 0 atom stereocenters. The summed E-state index contributed by atoms with van der Waals surface area (Å²) < 4.78 is 5.24. The molecule has 0 unspecified atom stereocenters. The Morgan fingerprint density at radius 1 is 1.36 bits per heavy atom. The first-order valence-corrected chi connectivity index (χ1v) is 5.11. The summed E-state index contributed by atoms with van der Waals surface area (Å²) in [6.07, 6.45) is 0. The van der Waals surface area contributed by atoms with Crippen LogP contribution in [0.25, 0.3) is 10.6 Å². The average molecular weight is 206 g/mol. The minimum absolute atomic E-state index is 0.887. The summed E-state index contributed by atoms with van der Waals surface area (Å²) in [4.78, 5) is 0. The molecule has 0 spiro atoms. The first-order valence-electron chi connectivity index (χ1n) is 4.23.